The smallest absolute Gasteiger partial charge is 0.151 e. The summed E-state index contributed by atoms with van der Waals surface area (Å²) in [7, 11) is 0. The second-order valence-corrected chi connectivity index (χ2v) is 6.14. The molecule has 1 atom stereocenters. The summed E-state index contributed by atoms with van der Waals surface area (Å²) >= 11 is 6.26. The molecule has 1 unspecified atom stereocenters. The van der Waals surface area contributed by atoms with Crippen LogP contribution in [0.1, 0.15) is 66.7 Å². The molecule has 15 heavy (non-hydrogen) atoms. The normalized spacial score (nSPS) is 16.9. The molecule has 2 nitrogen and oxygen atoms in total. The Labute approximate surface area is 99.5 Å². The predicted molar refractivity (Wildman–Crippen MR) is 67.6 cm³/mol. The molecule has 0 saturated heterocycles. The van der Waals surface area contributed by atoms with Gasteiger partial charge in [-0.2, -0.15) is 10.2 Å². The van der Waals surface area contributed by atoms with Gasteiger partial charge in [0.2, 0.25) is 0 Å². The maximum absolute atomic E-state index is 6.26. The molecule has 0 amide bonds. The molecule has 0 saturated carbocycles. The Morgan fingerprint density at radius 2 is 1.53 bits per heavy atom. The molecular formula is C12H25ClN2. The van der Waals surface area contributed by atoms with Crippen LogP contribution in [-0.4, -0.2) is 10.5 Å². The van der Waals surface area contributed by atoms with Gasteiger partial charge in [0.15, 0.2) is 5.00 Å². The minimum Gasteiger partial charge on any atom is -0.187 e. The van der Waals surface area contributed by atoms with Gasteiger partial charge in [-0.15, -0.1) is 0 Å². The summed E-state index contributed by atoms with van der Waals surface area (Å²) < 4.78 is 0. The van der Waals surface area contributed by atoms with Crippen molar-refractivity contribution in [2.24, 2.45) is 10.2 Å². The van der Waals surface area contributed by atoms with Gasteiger partial charge in [-0.25, -0.2) is 0 Å². The minimum absolute atomic E-state index is 0.125. The minimum atomic E-state index is -0.513. The van der Waals surface area contributed by atoms with Gasteiger partial charge >= 0.3 is 0 Å². The van der Waals surface area contributed by atoms with Crippen LogP contribution in [0, 0.1) is 0 Å². The van der Waals surface area contributed by atoms with E-state index in [1.54, 1.807) is 0 Å². The van der Waals surface area contributed by atoms with Crippen molar-refractivity contribution in [3.63, 3.8) is 0 Å². The van der Waals surface area contributed by atoms with E-state index in [-0.39, 0.29) is 5.54 Å². The van der Waals surface area contributed by atoms with Gasteiger partial charge in [-0.1, -0.05) is 37.8 Å². The molecule has 0 aromatic rings. The molecule has 0 N–H and O–H groups in total. The fourth-order valence-electron chi connectivity index (χ4n) is 1.18. The standard InChI is InChI=1S/C12H25ClN2/c1-6-7-8-9-10-12(5,13)15-14-11(2,3)4/h6-10H2,1-5H3/b15-14+. The van der Waals surface area contributed by atoms with E-state index in [4.69, 9.17) is 11.6 Å². The molecule has 0 fully saturated rings. The second-order valence-electron chi connectivity index (χ2n) is 5.32. The molecule has 3 heteroatoms. The molecular weight excluding hydrogens is 208 g/mol. The molecule has 0 aliphatic rings. The first-order valence-corrected chi connectivity index (χ1v) is 6.27. The van der Waals surface area contributed by atoms with Gasteiger partial charge in [0.1, 0.15) is 0 Å². The lowest BCUT2D eigenvalue weighted by Crippen LogP contribution is -2.16. The number of hydrogen-bond acceptors (Lipinski definition) is 2. The number of rotatable bonds is 6. The lowest BCUT2D eigenvalue weighted by atomic mass is 10.1. The fraction of sp³-hybridized carbons (Fsp3) is 1.00. The SMILES string of the molecule is CCCCCCC(C)(Cl)/N=N/C(C)(C)C. The Bertz CT molecular complexity index is 192. The van der Waals surface area contributed by atoms with Crippen molar-refractivity contribution in [1.82, 2.24) is 0 Å². The Hall–Kier alpha value is -0.110. The van der Waals surface area contributed by atoms with Gasteiger partial charge in [0, 0.05) is 0 Å². The quantitative estimate of drug-likeness (QED) is 0.262. The van der Waals surface area contributed by atoms with Crippen LogP contribution in [-0.2, 0) is 0 Å². The topological polar surface area (TPSA) is 24.7 Å². The predicted octanol–water partition coefficient (Wildman–Crippen LogP) is 5.16. The number of azo groups is 1. The summed E-state index contributed by atoms with van der Waals surface area (Å²) in [5, 5.41) is 8.44. The van der Waals surface area contributed by atoms with Crippen LogP contribution >= 0.6 is 11.6 Å². The number of hydrogen-bond donors (Lipinski definition) is 0. The second kappa shape index (κ2) is 6.47. The highest BCUT2D eigenvalue weighted by Crippen LogP contribution is 2.26. The Morgan fingerprint density at radius 1 is 0.933 bits per heavy atom. The van der Waals surface area contributed by atoms with Crippen molar-refractivity contribution >= 4 is 11.6 Å². The third kappa shape index (κ3) is 10.2. The maximum atomic E-state index is 6.26. The van der Waals surface area contributed by atoms with Crippen LogP contribution in [0.5, 0.6) is 0 Å². The number of halogens is 1. The Morgan fingerprint density at radius 3 is 2.00 bits per heavy atom. The number of unbranched alkanes of at least 4 members (excludes halogenated alkanes) is 3. The summed E-state index contributed by atoms with van der Waals surface area (Å²) in [6.07, 6.45) is 5.82. The van der Waals surface area contributed by atoms with Gasteiger partial charge in [-0.05, 0) is 40.5 Å². The summed E-state index contributed by atoms with van der Waals surface area (Å²) in [4.78, 5) is -0.513. The highest BCUT2D eigenvalue weighted by Gasteiger charge is 2.20. The van der Waals surface area contributed by atoms with Gasteiger partial charge in [0.05, 0.1) is 5.54 Å². The molecule has 0 bridgehead atoms. The van der Waals surface area contributed by atoms with Crippen molar-refractivity contribution < 1.29 is 0 Å². The fourth-order valence-corrected chi connectivity index (χ4v) is 1.35. The Balaban J connectivity index is 3.91. The van der Waals surface area contributed by atoms with Crippen molar-refractivity contribution in [2.75, 3.05) is 0 Å². The first kappa shape index (κ1) is 14.9. The van der Waals surface area contributed by atoms with Crippen LogP contribution in [0.3, 0.4) is 0 Å². The van der Waals surface area contributed by atoms with Gasteiger partial charge in [-0.3, -0.25) is 0 Å². The summed E-state index contributed by atoms with van der Waals surface area (Å²) in [5.74, 6) is 0. The highest BCUT2D eigenvalue weighted by atomic mass is 35.5. The molecule has 0 radical (unpaired) electrons. The van der Waals surface area contributed by atoms with E-state index >= 15 is 0 Å². The molecule has 0 spiro atoms. The van der Waals surface area contributed by atoms with Crippen molar-refractivity contribution in [3.05, 3.63) is 0 Å². The van der Waals surface area contributed by atoms with Crippen LogP contribution in [0.4, 0.5) is 0 Å². The third-order valence-electron chi connectivity index (χ3n) is 2.05. The molecule has 0 aliphatic carbocycles. The number of nitrogens with zero attached hydrogens (tertiary/aromatic N) is 2. The summed E-state index contributed by atoms with van der Waals surface area (Å²) in [6, 6.07) is 0. The third-order valence-corrected chi connectivity index (χ3v) is 2.31. The van der Waals surface area contributed by atoms with E-state index in [0.717, 1.165) is 12.8 Å². The van der Waals surface area contributed by atoms with Gasteiger partial charge in [0.25, 0.3) is 0 Å². The number of alkyl halides is 1. The van der Waals surface area contributed by atoms with Crippen LogP contribution in [0.25, 0.3) is 0 Å². The molecule has 0 heterocycles. The van der Waals surface area contributed by atoms with E-state index in [1.807, 2.05) is 27.7 Å². The van der Waals surface area contributed by atoms with Gasteiger partial charge < -0.3 is 0 Å². The average molecular weight is 233 g/mol. The zero-order chi connectivity index (χ0) is 11.9. The van der Waals surface area contributed by atoms with Crippen LogP contribution < -0.4 is 0 Å². The van der Waals surface area contributed by atoms with Crippen molar-refractivity contribution in [3.8, 4) is 0 Å². The van der Waals surface area contributed by atoms with E-state index in [2.05, 4.69) is 17.2 Å². The Kier molecular flexibility index (Phi) is 6.42. The summed E-state index contributed by atoms with van der Waals surface area (Å²) in [6.45, 7) is 10.2. The highest BCUT2D eigenvalue weighted by molar-refractivity contribution is 6.23. The van der Waals surface area contributed by atoms with E-state index in [1.165, 1.54) is 19.3 Å². The van der Waals surface area contributed by atoms with Crippen molar-refractivity contribution in [2.45, 2.75) is 77.3 Å². The molecule has 90 valence electrons. The van der Waals surface area contributed by atoms with Crippen LogP contribution in [0.2, 0.25) is 0 Å². The molecule has 0 aromatic heterocycles. The van der Waals surface area contributed by atoms with Crippen LogP contribution in [0.15, 0.2) is 10.2 Å². The monoisotopic (exact) mass is 232 g/mol. The van der Waals surface area contributed by atoms with Crippen molar-refractivity contribution in [1.29, 1.82) is 0 Å². The van der Waals surface area contributed by atoms with E-state index in [9.17, 15) is 0 Å². The summed E-state index contributed by atoms with van der Waals surface area (Å²) in [5.41, 5.74) is -0.125. The van der Waals surface area contributed by atoms with E-state index < -0.39 is 5.00 Å². The molecule has 0 aromatic carbocycles. The maximum Gasteiger partial charge on any atom is 0.151 e. The molecule has 0 rings (SSSR count). The molecule has 0 aliphatic heterocycles. The first-order valence-electron chi connectivity index (χ1n) is 5.90. The van der Waals surface area contributed by atoms with E-state index in [0.29, 0.717) is 0 Å². The average Bonchev–Trinajstić information content (AvgIpc) is 2.09. The lowest BCUT2D eigenvalue weighted by molar-refractivity contribution is 0.465. The lowest BCUT2D eigenvalue weighted by Gasteiger charge is -2.18. The zero-order valence-electron chi connectivity index (χ0n) is 10.8. The largest absolute Gasteiger partial charge is 0.187 e. The zero-order valence-corrected chi connectivity index (χ0v) is 11.6. The first-order chi connectivity index (χ1) is 6.77.